The molecule has 0 bridgehead atoms. The highest BCUT2D eigenvalue weighted by molar-refractivity contribution is 5.74. The topological polar surface area (TPSA) is 56.6 Å². The number of aromatic nitrogens is 2. The van der Waals surface area contributed by atoms with E-state index in [4.69, 9.17) is 9.47 Å². The minimum Gasteiger partial charge on any atom is -0.467 e. The van der Waals surface area contributed by atoms with Crippen molar-refractivity contribution in [3.05, 3.63) is 48.0 Å². The number of rotatable bonds is 4. The zero-order valence-electron chi connectivity index (χ0n) is 13.7. The third kappa shape index (κ3) is 3.80. The Balaban J connectivity index is 1.67. The lowest BCUT2D eigenvalue weighted by Crippen LogP contribution is -2.49. The van der Waals surface area contributed by atoms with E-state index in [9.17, 15) is 9.18 Å². The van der Waals surface area contributed by atoms with Crippen molar-refractivity contribution in [3.63, 3.8) is 0 Å². The van der Waals surface area contributed by atoms with Crippen molar-refractivity contribution < 1.29 is 18.7 Å². The number of halogens is 1. The van der Waals surface area contributed by atoms with Gasteiger partial charge in [0.05, 0.1) is 24.6 Å². The molecule has 0 N–H and O–H groups in total. The molecule has 1 saturated heterocycles. The van der Waals surface area contributed by atoms with Gasteiger partial charge in [-0.05, 0) is 37.3 Å². The molecule has 2 aromatic rings. The monoisotopic (exact) mass is 333 g/mol. The Hall–Kier alpha value is -2.25. The molecule has 1 aliphatic rings. The van der Waals surface area contributed by atoms with Crippen LogP contribution in [0, 0.1) is 5.82 Å². The number of morpholine rings is 1. The first kappa shape index (κ1) is 16.6. The van der Waals surface area contributed by atoms with Crippen LogP contribution in [0.3, 0.4) is 0 Å². The number of methoxy groups -OCH3 is 1. The molecule has 0 saturated carbocycles. The second kappa shape index (κ2) is 7.11. The van der Waals surface area contributed by atoms with Crippen LogP contribution in [0.5, 0.6) is 0 Å². The minimum absolute atomic E-state index is 0.0537. The van der Waals surface area contributed by atoms with Crippen molar-refractivity contribution in [1.82, 2.24) is 14.7 Å². The molecule has 0 unspecified atom stereocenters. The van der Waals surface area contributed by atoms with Crippen LogP contribution >= 0.6 is 0 Å². The lowest BCUT2D eigenvalue weighted by Gasteiger charge is -2.34. The molecule has 2 heterocycles. The number of ether oxygens (including phenoxy) is 2. The highest BCUT2D eigenvalue weighted by Crippen LogP contribution is 2.16. The lowest BCUT2D eigenvalue weighted by molar-refractivity contribution is -0.166. The molecule has 24 heavy (non-hydrogen) atoms. The fraction of sp³-hybridized carbons (Fsp3) is 0.412. The summed E-state index contributed by atoms with van der Waals surface area (Å²) in [5.41, 5.74) is 1.67. The molecule has 6 nitrogen and oxygen atoms in total. The van der Waals surface area contributed by atoms with Gasteiger partial charge >= 0.3 is 5.97 Å². The molecular formula is C17H20FN3O3. The van der Waals surface area contributed by atoms with E-state index < -0.39 is 6.10 Å². The number of benzene rings is 1. The number of carbonyl (C=O) groups is 1. The summed E-state index contributed by atoms with van der Waals surface area (Å²) in [6, 6.07) is 8.08. The van der Waals surface area contributed by atoms with E-state index in [0.717, 1.165) is 17.9 Å². The first-order valence-corrected chi connectivity index (χ1v) is 7.81. The summed E-state index contributed by atoms with van der Waals surface area (Å²) in [7, 11) is 1.36. The van der Waals surface area contributed by atoms with Crippen molar-refractivity contribution in [2.75, 3.05) is 20.2 Å². The van der Waals surface area contributed by atoms with Crippen molar-refractivity contribution >= 4 is 5.97 Å². The van der Waals surface area contributed by atoms with E-state index in [1.165, 1.54) is 19.2 Å². The van der Waals surface area contributed by atoms with Gasteiger partial charge in [-0.3, -0.25) is 4.90 Å². The quantitative estimate of drug-likeness (QED) is 0.798. The molecule has 1 aromatic carbocycles. The molecule has 0 radical (unpaired) electrons. The fourth-order valence-corrected chi connectivity index (χ4v) is 2.84. The van der Waals surface area contributed by atoms with E-state index in [0.29, 0.717) is 13.1 Å². The van der Waals surface area contributed by atoms with Gasteiger partial charge in [0.15, 0.2) is 6.10 Å². The third-order valence-corrected chi connectivity index (χ3v) is 3.92. The highest BCUT2D eigenvalue weighted by Gasteiger charge is 2.31. The van der Waals surface area contributed by atoms with Crippen molar-refractivity contribution in [2.45, 2.75) is 25.7 Å². The van der Waals surface area contributed by atoms with E-state index in [1.54, 1.807) is 16.8 Å². The number of carbonyl (C=O) groups excluding carboxylic acids is 1. The van der Waals surface area contributed by atoms with Crippen LogP contribution in [0.15, 0.2) is 36.5 Å². The zero-order valence-corrected chi connectivity index (χ0v) is 13.7. The lowest BCUT2D eigenvalue weighted by atomic mass is 10.2. The third-order valence-electron chi connectivity index (χ3n) is 3.92. The first-order chi connectivity index (χ1) is 11.5. The average molecular weight is 333 g/mol. The van der Waals surface area contributed by atoms with Crippen LogP contribution in [0.2, 0.25) is 0 Å². The molecule has 0 spiro atoms. The maximum atomic E-state index is 13.0. The van der Waals surface area contributed by atoms with Crippen molar-refractivity contribution in [1.29, 1.82) is 0 Å². The molecule has 7 heteroatoms. The number of esters is 1. The predicted molar refractivity (Wildman–Crippen MR) is 85.2 cm³/mol. The average Bonchev–Trinajstić information content (AvgIpc) is 3.02. The Labute approximate surface area is 139 Å². The summed E-state index contributed by atoms with van der Waals surface area (Å²) in [6.45, 7) is 3.73. The van der Waals surface area contributed by atoms with Gasteiger partial charge in [0.1, 0.15) is 5.82 Å². The molecule has 128 valence electrons. The predicted octanol–water partition coefficient (Wildman–Crippen LogP) is 1.77. The first-order valence-electron chi connectivity index (χ1n) is 7.81. The zero-order chi connectivity index (χ0) is 17.1. The SMILES string of the molecule is COC(=O)[C@@H]1CN(Cc2ccn(-c3ccc(F)cc3)n2)C[C@@H](C)O1. The number of hydrogen-bond acceptors (Lipinski definition) is 5. The van der Waals surface area contributed by atoms with Crippen molar-refractivity contribution in [2.24, 2.45) is 0 Å². The Bertz CT molecular complexity index is 701. The largest absolute Gasteiger partial charge is 0.467 e. The van der Waals surface area contributed by atoms with Crippen molar-refractivity contribution in [3.8, 4) is 5.69 Å². The van der Waals surface area contributed by atoms with Crippen LogP contribution in [0.4, 0.5) is 4.39 Å². The van der Waals surface area contributed by atoms with Gasteiger partial charge in [0, 0.05) is 25.8 Å². The highest BCUT2D eigenvalue weighted by atomic mass is 19.1. The summed E-state index contributed by atoms with van der Waals surface area (Å²) >= 11 is 0. The summed E-state index contributed by atoms with van der Waals surface area (Å²) in [5, 5.41) is 4.51. The maximum Gasteiger partial charge on any atom is 0.336 e. The van der Waals surface area contributed by atoms with Gasteiger partial charge in [-0.25, -0.2) is 13.9 Å². The Morgan fingerprint density at radius 2 is 2.08 bits per heavy atom. The van der Waals surface area contributed by atoms with E-state index in [-0.39, 0.29) is 17.9 Å². The van der Waals surface area contributed by atoms with E-state index >= 15 is 0 Å². The Morgan fingerprint density at radius 1 is 1.33 bits per heavy atom. The molecule has 2 atom stereocenters. The summed E-state index contributed by atoms with van der Waals surface area (Å²) < 4.78 is 25.1. The second-order valence-corrected chi connectivity index (χ2v) is 5.88. The van der Waals surface area contributed by atoms with Gasteiger partial charge < -0.3 is 9.47 Å². The molecular weight excluding hydrogens is 313 g/mol. The van der Waals surface area contributed by atoms with Gasteiger partial charge in [0.25, 0.3) is 0 Å². The molecule has 1 aliphatic heterocycles. The smallest absolute Gasteiger partial charge is 0.336 e. The standard InChI is InChI=1S/C17H20FN3O3/c1-12-9-20(11-16(24-12)17(22)23-2)10-14-7-8-21(19-14)15-5-3-13(18)4-6-15/h3-8,12,16H,9-11H2,1-2H3/t12-,16+/m1/s1. The van der Waals surface area contributed by atoms with E-state index in [1.807, 2.05) is 19.2 Å². The van der Waals surface area contributed by atoms with Crippen LogP contribution < -0.4 is 0 Å². The minimum atomic E-state index is -0.571. The summed E-state index contributed by atoms with van der Waals surface area (Å²) in [4.78, 5) is 13.8. The Kier molecular flexibility index (Phi) is 4.92. The van der Waals surface area contributed by atoms with Gasteiger partial charge in [-0.2, -0.15) is 5.10 Å². The molecule has 1 fully saturated rings. The molecule has 1 aromatic heterocycles. The van der Waals surface area contributed by atoms with Gasteiger partial charge in [-0.1, -0.05) is 0 Å². The fourth-order valence-electron chi connectivity index (χ4n) is 2.84. The maximum absolute atomic E-state index is 13.0. The normalized spacial score (nSPS) is 21.6. The van der Waals surface area contributed by atoms with E-state index in [2.05, 4.69) is 10.00 Å². The van der Waals surface area contributed by atoms with Crippen LogP contribution in [0.25, 0.3) is 5.69 Å². The Morgan fingerprint density at radius 3 is 2.79 bits per heavy atom. The molecule has 0 amide bonds. The number of hydrogen-bond donors (Lipinski definition) is 0. The molecule has 0 aliphatic carbocycles. The number of nitrogens with zero attached hydrogens (tertiary/aromatic N) is 3. The second-order valence-electron chi connectivity index (χ2n) is 5.88. The summed E-state index contributed by atoms with van der Waals surface area (Å²) in [5.74, 6) is -0.634. The molecule has 3 rings (SSSR count). The van der Waals surface area contributed by atoms with Gasteiger partial charge in [0.2, 0.25) is 0 Å². The van der Waals surface area contributed by atoms with Gasteiger partial charge in [-0.15, -0.1) is 0 Å². The van der Waals surface area contributed by atoms with Crippen LogP contribution in [-0.2, 0) is 20.8 Å². The van der Waals surface area contributed by atoms with Crippen LogP contribution in [0.1, 0.15) is 12.6 Å². The summed E-state index contributed by atoms with van der Waals surface area (Å²) in [6.07, 6.45) is 1.21. The van der Waals surface area contributed by atoms with Crippen LogP contribution in [-0.4, -0.2) is 53.1 Å².